The van der Waals surface area contributed by atoms with Gasteiger partial charge in [0.2, 0.25) is 0 Å². The zero-order valence-electron chi connectivity index (χ0n) is 8.12. The number of rotatable bonds is 3. The topological polar surface area (TPSA) is 75.1 Å². The van der Waals surface area contributed by atoms with Crippen LogP contribution in [0.25, 0.3) is 16.0 Å². The maximum absolute atomic E-state index is 11.3. The van der Waals surface area contributed by atoms with Crippen molar-refractivity contribution >= 4 is 11.5 Å². The van der Waals surface area contributed by atoms with E-state index < -0.39 is 5.97 Å². The van der Waals surface area contributed by atoms with Gasteiger partial charge in [0, 0.05) is 11.1 Å². The van der Waals surface area contributed by atoms with Gasteiger partial charge >= 0.3 is 5.97 Å². The molecule has 0 unspecified atom stereocenters. The van der Waals surface area contributed by atoms with Crippen molar-refractivity contribution in [3.8, 4) is 0 Å². The van der Waals surface area contributed by atoms with Gasteiger partial charge in [0.1, 0.15) is 0 Å². The van der Waals surface area contributed by atoms with Gasteiger partial charge in [-0.05, 0) is 11.1 Å². The van der Waals surface area contributed by atoms with E-state index in [0.717, 1.165) is 6.20 Å². The quantitative estimate of drug-likeness (QED) is 0.249. The van der Waals surface area contributed by atoms with Crippen molar-refractivity contribution in [3.63, 3.8) is 0 Å². The van der Waals surface area contributed by atoms with E-state index in [2.05, 4.69) is 14.8 Å². The van der Waals surface area contributed by atoms with Crippen LogP contribution in [0, 0.1) is 0 Å². The summed E-state index contributed by atoms with van der Waals surface area (Å²) >= 11 is 0. The summed E-state index contributed by atoms with van der Waals surface area (Å²) in [5.41, 5.74) is 9.06. The minimum atomic E-state index is -0.534. The van der Waals surface area contributed by atoms with Gasteiger partial charge in [0.15, 0.2) is 0 Å². The Morgan fingerprint density at radius 1 is 1.47 bits per heavy atom. The highest BCUT2D eigenvalue weighted by atomic mass is 16.5. The monoisotopic (exact) mass is 203 g/mol. The van der Waals surface area contributed by atoms with Crippen LogP contribution in [0.15, 0.2) is 41.6 Å². The predicted octanol–water partition coefficient (Wildman–Crippen LogP) is 2.51. The maximum atomic E-state index is 11.3. The molecule has 5 heteroatoms. The van der Waals surface area contributed by atoms with E-state index in [1.807, 2.05) is 6.07 Å². The smallest absolute Gasteiger partial charge is 0.338 e. The first-order valence-electron chi connectivity index (χ1n) is 4.17. The van der Waals surface area contributed by atoms with E-state index in [1.165, 1.54) is 7.11 Å². The predicted molar refractivity (Wildman–Crippen MR) is 55.6 cm³/mol. The zero-order valence-corrected chi connectivity index (χ0v) is 8.12. The summed E-state index contributed by atoms with van der Waals surface area (Å²) in [6, 6.07) is 8.85. The van der Waals surface area contributed by atoms with E-state index >= 15 is 0 Å². The van der Waals surface area contributed by atoms with Gasteiger partial charge in [-0.2, -0.15) is 0 Å². The van der Waals surface area contributed by atoms with Gasteiger partial charge in [-0.25, -0.2) is 4.79 Å². The first-order chi connectivity index (χ1) is 7.29. The van der Waals surface area contributed by atoms with Crippen LogP contribution >= 0.6 is 0 Å². The highest BCUT2D eigenvalue weighted by Gasteiger charge is 2.10. The van der Waals surface area contributed by atoms with Crippen LogP contribution in [-0.2, 0) is 9.53 Å². The van der Waals surface area contributed by atoms with E-state index in [0.29, 0.717) is 5.56 Å². The molecule has 0 atom stereocenters. The van der Waals surface area contributed by atoms with Crippen molar-refractivity contribution in [2.24, 2.45) is 5.11 Å². The Labute approximate surface area is 86.6 Å². The first-order valence-corrected chi connectivity index (χ1v) is 4.17. The van der Waals surface area contributed by atoms with Crippen molar-refractivity contribution in [2.45, 2.75) is 0 Å². The number of nitrogens with zero attached hydrogens (tertiary/aromatic N) is 3. The van der Waals surface area contributed by atoms with Crippen molar-refractivity contribution < 1.29 is 9.53 Å². The van der Waals surface area contributed by atoms with Crippen LogP contribution in [0.2, 0.25) is 0 Å². The number of carbonyl (C=O) groups is 1. The van der Waals surface area contributed by atoms with Crippen LogP contribution in [0.5, 0.6) is 0 Å². The molecule has 0 aliphatic rings. The fourth-order valence-corrected chi connectivity index (χ4v) is 1.06. The van der Waals surface area contributed by atoms with Crippen molar-refractivity contribution in [1.82, 2.24) is 0 Å². The highest BCUT2D eigenvalue weighted by Crippen LogP contribution is 2.15. The molecule has 0 fully saturated rings. The van der Waals surface area contributed by atoms with Crippen molar-refractivity contribution in [1.29, 1.82) is 0 Å². The average Bonchev–Trinajstić information content (AvgIpc) is 2.30. The van der Waals surface area contributed by atoms with E-state index in [9.17, 15) is 4.79 Å². The molecule has 0 aromatic heterocycles. The van der Waals surface area contributed by atoms with E-state index in [1.54, 1.807) is 24.3 Å². The van der Waals surface area contributed by atoms with Crippen LogP contribution < -0.4 is 0 Å². The summed E-state index contributed by atoms with van der Waals surface area (Å²) in [4.78, 5) is 13.9. The van der Waals surface area contributed by atoms with Crippen molar-refractivity contribution in [2.75, 3.05) is 7.11 Å². The van der Waals surface area contributed by atoms with Gasteiger partial charge in [-0.15, -0.1) is 0 Å². The molecule has 1 rings (SSSR count). The molecule has 0 aliphatic carbocycles. The first kappa shape index (κ1) is 10.8. The SMILES string of the molecule is COC(=O)/C(=C/N=[N+]=[N-])c1ccccc1. The minimum absolute atomic E-state index is 0.232. The Morgan fingerprint density at radius 2 is 2.13 bits per heavy atom. The van der Waals surface area contributed by atoms with Crippen LogP contribution in [0.1, 0.15) is 5.56 Å². The highest BCUT2D eigenvalue weighted by molar-refractivity contribution is 6.16. The zero-order chi connectivity index (χ0) is 11.1. The second-order valence-electron chi connectivity index (χ2n) is 2.61. The molecule has 1 aromatic carbocycles. The van der Waals surface area contributed by atoms with Gasteiger partial charge in [0.05, 0.1) is 12.7 Å². The van der Waals surface area contributed by atoms with Crippen molar-refractivity contribution in [3.05, 3.63) is 52.5 Å². The number of methoxy groups -OCH3 is 1. The van der Waals surface area contributed by atoms with Crippen LogP contribution in [0.4, 0.5) is 0 Å². The normalized spacial score (nSPS) is 10.3. The van der Waals surface area contributed by atoms with E-state index in [-0.39, 0.29) is 5.57 Å². The van der Waals surface area contributed by atoms with Crippen LogP contribution in [-0.4, -0.2) is 13.1 Å². The number of ether oxygens (including phenoxy) is 1. The third-order valence-electron chi connectivity index (χ3n) is 1.73. The molecular formula is C10H9N3O2. The van der Waals surface area contributed by atoms with Gasteiger partial charge in [-0.3, -0.25) is 0 Å². The Balaban J connectivity index is 3.13. The Kier molecular flexibility index (Phi) is 3.94. The Morgan fingerprint density at radius 3 is 2.67 bits per heavy atom. The summed E-state index contributed by atoms with van der Waals surface area (Å²) in [7, 11) is 1.27. The fraction of sp³-hybridized carbons (Fsp3) is 0.100. The number of hydrogen-bond acceptors (Lipinski definition) is 3. The van der Waals surface area contributed by atoms with Gasteiger partial charge in [0.25, 0.3) is 0 Å². The third kappa shape index (κ3) is 2.86. The number of azide groups is 1. The molecular weight excluding hydrogens is 194 g/mol. The number of benzene rings is 1. The van der Waals surface area contributed by atoms with E-state index in [4.69, 9.17) is 5.53 Å². The summed E-state index contributed by atoms with van der Waals surface area (Å²) in [5, 5.41) is 3.24. The Bertz CT molecular complexity index is 420. The summed E-state index contributed by atoms with van der Waals surface area (Å²) in [6.07, 6.45) is 1.14. The molecule has 0 radical (unpaired) electrons. The molecule has 5 nitrogen and oxygen atoms in total. The lowest BCUT2D eigenvalue weighted by atomic mass is 10.1. The molecule has 0 spiro atoms. The lowest BCUT2D eigenvalue weighted by Crippen LogP contribution is -2.03. The molecule has 0 aliphatic heterocycles. The minimum Gasteiger partial charge on any atom is -0.465 e. The Hall–Kier alpha value is -2.26. The largest absolute Gasteiger partial charge is 0.465 e. The lowest BCUT2D eigenvalue weighted by molar-refractivity contribution is -0.133. The average molecular weight is 203 g/mol. The molecule has 76 valence electrons. The van der Waals surface area contributed by atoms with Gasteiger partial charge in [-0.1, -0.05) is 35.4 Å². The van der Waals surface area contributed by atoms with Gasteiger partial charge < -0.3 is 4.74 Å². The standard InChI is InChI=1S/C10H9N3O2/c1-15-10(14)9(7-12-13-11)8-5-3-2-4-6-8/h2-7H,1H3/b9-7+. The molecule has 1 aromatic rings. The molecule has 0 bridgehead atoms. The molecule has 0 saturated heterocycles. The van der Waals surface area contributed by atoms with Crippen LogP contribution in [0.3, 0.4) is 0 Å². The second-order valence-corrected chi connectivity index (χ2v) is 2.61. The lowest BCUT2D eigenvalue weighted by Gasteiger charge is -2.03. The molecule has 0 saturated carbocycles. The number of carbonyl (C=O) groups excluding carboxylic acids is 1. The maximum Gasteiger partial charge on any atom is 0.338 e. The summed E-state index contributed by atoms with van der Waals surface area (Å²) < 4.78 is 4.57. The number of esters is 1. The molecule has 15 heavy (non-hydrogen) atoms. The summed E-state index contributed by atoms with van der Waals surface area (Å²) in [6.45, 7) is 0. The number of hydrogen-bond donors (Lipinski definition) is 0. The second kappa shape index (κ2) is 5.47. The molecule has 0 N–H and O–H groups in total. The third-order valence-corrected chi connectivity index (χ3v) is 1.73. The molecule has 0 heterocycles. The molecule has 0 amide bonds. The fourth-order valence-electron chi connectivity index (χ4n) is 1.06. The summed E-state index contributed by atoms with van der Waals surface area (Å²) in [5.74, 6) is -0.534.